The molecular weight excluding hydrogens is 607 g/mol. The molecule has 2 atom stereocenters. The largest absolute Gasteiger partial charge is 0.525 e. The highest BCUT2D eigenvalue weighted by atomic mass is 32.2. The van der Waals surface area contributed by atoms with Crippen LogP contribution >= 0.6 is 11.8 Å². The Morgan fingerprint density at radius 2 is 1.80 bits per heavy atom. The Morgan fingerprint density at radius 3 is 2.35 bits per heavy atom. The van der Waals surface area contributed by atoms with Crippen LogP contribution in [0.5, 0.6) is 5.75 Å². The Labute approximate surface area is 224 Å². The van der Waals surface area contributed by atoms with Gasteiger partial charge < -0.3 is 9.30 Å². The molecule has 0 bridgehead atoms. The Kier molecular flexibility index (Phi) is 8.71. The van der Waals surface area contributed by atoms with Crippen molar-refractivity contribution in [3.63, 3.8) is 0 Å². The SMILES string of the molecule is CCS(=O)(=NC(C)=O)c1cc(OC(F)(F)C(F)OC(F)(F)F)ccc1-c1nc2cc(SC(F)(F)F)cnc2n1C. The highest BCUT2D eigenvalue weighted by Crippen LogP contribution is 2.39. The van der Waals surface area contributed by atoms with E-state index >= 15 is 0 Å². The van der Waals surface area contributed by atoms with Crippen LogP contribution < -0.4 is 4.74 Å². The molecule has 0 N–H and O–H groups in total. The second-order valence-electron chi connectivity index (χ2n) is 7.80. The summed E-state index contributed by atoms with van der Waals surface area (Å²) in [5, 5.41) is 0. The van der Waals surface area contributed by atoms with Gasteiger partial charge in [-0.05, 0) is 36.0 Å². The molecule has 1 aromatic carbocycles. The number of carbonyl (C=O) groups excluding carboxylic acids is 1. The molecule has 2 aromatic heterocycles. The summed E-state index contributed by atoms with van der Waals surface area (Å²) in [4.78, 5) is 19.1. The topological polar surface area (TPSA) is 95.7 Å². The minimum Gasteiger partial charge on any atom is -0.428 e. The van der Waals surface area contributed by atoms with Crippen molar-refractivity contribution in [3.05, 3.63) is 30.5 Å². The lowest BCUT2D eigenvalue weighted by molar-refractivity contribution is -0.411. The standard InChI is InChI=1S/C21H17F9N4O4S2/c1-4-40(36,33-10(2)35)15-7-11(37-19(23,24)18(22)38-20(25,26)27)5-6-13(15)16-32-14-8-12(39-21(28,29)30)9-31-17(14)34(16)3/h5-9,18H,4H2,1-3H3. The Hall–Kier alpha value is -3.06. The van der Waals surface area contributed by atoms with E-state index in [4.69, 9.17) is 0 Å². The third kappa shape index (κ3) is 7.36. The van der Waals surface area contributed by atoms with Crippen molar-refractivity contribution in [1.29, 1.82) is 0 Å². The first-order valence-corrected chi connectivity index (χ1v) is 13.2. The number of carbonyl (C=O) groups is 1. The number of benzene rings is 1. The molecule has 0 spiro atoms. The number of alkyl halides is 9. The predicted molar refractivity (Wildman–Crippen MR) is 124 cm³/mol. The molecule has 1 amide bonds. The summed E-state index contributed by atoms with van der Waals surface area (Å²) in [5.41, 5.74) is -4.72. The first-order valence-electron chi connectivity index (χ1n) is 10.7. The lowest BCUT2D eigenvalue weighted by Gasteiger charge is -2.23. The van der Waals surface area contributed by atoms with Crippen molar-refractivity contribution in [2.24, 2.45) is 11.4 Å². The smallest absolute Gasteiger partial charge is 0.428 e. The fourth-order valence-corrected chi connectivity index (χ4v) is 5.67. The van der Waals surface area contributed by atoms with Gasteiger partial charge in [0.05, 0.1) is 14.6 Å². The van der Waals surface area contributed by atoms with Crippen molar-refractivity contribution < 1.29 is 58.0 Å². The maximum atomic E-state index is 14.1. The first-order chi connectivity index (χ1) is 18.2. The summed E-state index contributed by atoms with van der Waals surface area (Å²) in [6, 6.07) is 3.46. The number of ether oxygens (including phenoxy) is 2. The highest BCUT2D eigenvalue weighted by molar-refractivity contribution is 8.00. The Balaban J connectivity index is 2.19. The highest BCUT2D eigenvalue weighted by Gasteiger charge is 2.50. The van der Waals surface area contributed by atoms with Gasteiger partial charge in [-0.1, -0.05) is 6.92 Å². The first kappa shape index (κ1) is 31.5. The molecule has 0 fully saturated rings. The van der Waals surface area contributed by atoms with Crippen LogP contribution in [0.15, 0.2) is 44.6 Å². The Morgan fingerprint density at radius 1 is 1.15 bits per heavy atom. The van der Waals surface area contributed by atoms with Crippen LogP contribution in [-0.2, 0) is 26.3 Å². The number of aromatic nitrogens is 3. The van der Waals surface area contributed by atoms with Gasteiger partial charge in [-0.15, -0.1) is 13.2 Å². The molecule has 40 heavy (non-hydrogen) atoms. The summed E-state index contributed by atoms with van der Waals surface area (Å²) in [6.07, 6.45) is -14.3. The van der Waals surface area contributed by atoms with Gasteiger partial charge >= 0.3 is 24.3 Å². The predicted octanol–water partition coefficient (Wildman–Crippen LogP) is 6.44. The summed E-state index contributed by atoms with van der Waals surface area (Å²) in [7, 11) is -2.39. The monoisotopic (exact) mass is 624 g/mol. The van der Waals surface area contributed by atoms with E-state index in [9.17, 15) is 48.5 Å². The lowest BCUT2D eigenvalue weighted by Crippen LogP contribution is -2.41. The summed E-state index contributed by atoms with van der Waals surface area (Å²) >= 11 is -0.452. The van der Waals surface area contributed by atoms with Gasteiger partial charge in [0.2, 0.25) is 0 Å². The van der Waals surface area contributed by atoms with Crippen molar-refractivity contribution in [3.8, 4) is 17.1 Å². The molecule has 2 unspecified atom stereocenters. The molecule has 2 heterocycles. The van der Waals surface area contributed by atoms with E-state index in [0.717, 1.165) is 31.3 Å². The van der Waals surface area contributed by atoms with Crippen molar-refractivity contribution >= 4 is 38.6 Å². The van der Waals surface area contributed by atoms with Crippen LogP contribution in [0.25, 0.3) is 22.6 Å². The number of nitrogens with zero attached hydrogens (tertiary/aromatic N) is 4. The van der Waals surface area contributed by atoms with E-state index in [-0.39, 0.29) is 33.2 Å². The van der Waals surface area contributed by atoms with Gasteiger partial charge in [-0.2, -0.15) is 26.3 Å². The van der Waals surface area contributed by atoms with Gasteiger partial charge in [-0.25, -0.2) is 23.3 Å². The molecule has 220 valence electrons. The fraction of sp³-hybridized carbons (Fsp3) is 0.381. The minimum atomic E-state index is -5.76. The second-order valence-corrected chi connectivity index (χ2v) is 11.4. The van der Waals surface area contributed by atoms with E-state index in [0.29, 0.717) is 6.07 Å². The Bertz CT molecular complexity index is 1550. The van der Waals surface area contributed by atoms with Gasteiger partial charge in [0.25, 0.3) is 5.91 Å². The van der Waals surface area contributed by atoms with Crippen LogP contribution in [-0.4, -0.2) is 54.7 Å². The van der Waals surface area contributed by atoms with E-state index < -0.39 is 62.4 Å². The quantitative estimate of drug-likeness (QED) is 0.210. The third-order valence-corrected chi connectivity index (χ3v) is 7.93. The number of rotatable bonds is 8. The zero-order chi connectivity index (χ0) is 30.3. The van der Waals surface area contributed by atoms with Gasteiger partial charge in [0.1, 0.15) is 17.1 Å². The molecule has 0 aliphatic rings. The number of pyridine rings is 1. The zero-order valence-corrected chi connectivity index (χ0v) is 21.9. The molecule has 3 aromatic rings. The average molecular weight is 625 g/mol. The summed E-state index contributed by atoms with van der Waals surface area (Å²) in [5.74, 6) is -2.39. The number of hydrogen-bond acceptors (Lipinski definition) is 7. The van der Waals surface area contributed by atoms with Crippen LogP contribution in [0.1, 0.15) is 13.8 Å². The molecule has 19 heteroatoms. The summed E-state index contributed by atoms with van der Waals surface area (Å²) < 4.78 is 142. The normalized spacial score (nSPS) is 15.1. The minimum absolute atomic E-state index is 0.0411. The zero-order valence-electron chi connectivity index (χ0n) is 20.3. The molecule has 8 nitrogen and oxygen atoms in total. The maximum absolute atomic E-state index is 14.1. The number of hydrogen-bond donors (Lipinski definition) is 0. The molecular formula is C21H17F9N4O4S2. The van der Waals surface area contributed by atoms with E-state index in [1.165, 1.54) is 18.5 Å². The van der Waals surface area contributed by atoms with Crippen LogP contribution in [0.2, 0.25) is 0 Å². The van der Waals surface area contributed by atoms with Crippen molar-refractivity contribution in [2.45, 2.75) is 48.0 Å². The van der Waals surface area contributed by atoms with Gasteiger partial charge in [0, 0.05) is 36.4 Å². The average Bonchev–Trinajstić information content (AvgIpc) is 3.11. The summed E-state index contributed by atoms with van der Waals surface area (Å²) in [6.45, 7) is 2.27. The van der Waals surface area contributed by atoms with Crippen molar-refractivity contribution in [2.75, 3.05) is 5.75 Å². The van der Waals surface area contributed by atoms with E-state index in [1.54, 1.807) is 0 Å². The third-order valence-electron chi connectivity index (χ3n) is 4.88. The molecule has 0 aliphatic carbocycles. The fourth-order valence-electron chi connectivity index (χ4n) is 3.37. The molecule has 0 saturated carbocycles. The number of amides is 1. The lowest BCUT2D eigenvalue weighted by atomic mass is 10.2. The second kappa shape index (κ2) is 11.1. The number of imidazole rings is 1. The number of aryl methyl sites for hydroxylation is 1. The number of thioether (sulfide) groups is 1. The van der Waals surface area contributed by atoms with Crippen molar-refractivity contribution in [1.82, 2.24) is 14.5 Å². The molecule has 0 radical (unpaired) electrons. The van der Waals surface area contributed by atoms with Crippen LogP contribution in [0, 0.1) is 0 Å². The molecule has 3 rings (SSSR count). The molecule has 0 saturated heterocycles. The number of fused-ring (bicyclic) bond motifs is 1. The van der Waals surface area contributed by atoms with Gasteiger partial charge in [0.15, 0.2) is 5.65 Å². The van der Waals surface area contributed by atoms with Crippen LogP contribution in [0.3, 0.4) is 0 Å². The van der Waals surface area contributed by atoms with Crippen LogP contribution in [0.4, 0.5) is 39.5 Å². The molecule has 0 aliphatic heterocycles. The van der Waals surface area contributed by atoms with E-state index in [2.05, 4.69) is 23.8 Å². The number of halogens is 9. The van der Waals surface area contributed by atoms with E-state index in [1.807, 2.05) is 0 Å². The maximum Gasteiger partial charge on any atom is 0.525 e. The van der Waals surface area contributed by atoms with Gasteiger partial charge in [-0.3, -0.25) is 4.79 Å².